The molecule has 0 saturated heterocycles. The van der Waals surface area contributed by atoms with Crippen LogP contribution in [0.1, 0.15) is 17.4 Å². The summed E-state index contributed by atoms with van der Waals surface area (Å²) in [6, 6.07) is 5.62. The Morgan fingerprint density at radius 3 is 2.75 bits per heavy atom. The van der Waals surface area contributed by atoms with Crippen molar-refractivity contribution in [1.82, 2.24) is 15.0 Å². The summed E-state index contributed by atoms with van der Waals surface area (Å²) in [4.78, 5) is 0.192. The third-order valence-corrected chi connectivity index (χ3v) is 3.77. The molecular weight excluding hydrogens is 357 g/mol. The molecule has 0 aliphatic carbocycles. The molecule has 2 rings (SSSR count). The molecule has 0 spiro atoms. The number of benzene rings is 1. The summed E-state index contributed by atoms with van der Waals surface area (Å²) in [6.07, 6.45) is 1.88. The smallest absolute Gasteiger partial charge is 0.0965 e. The lowest BCUT2D eigenvalue weighted by atomic mass is 10.3. The van der Waals surface area contributed by atoms with Gasteiger partial charge in [-0.25, -0.2) is 4.68 Å². The first-order chi connectivity index (χ1) is 7.58. The maximum Gasteiger partial charge on any atom is 0.0965 e. The van der Waals surface area contributed by atoms with Crippen LogP contribution in [0.5, 0.6) is 0 Å². The second kappa shape index (κ2) is 4.85. The molecule has 0 N–H and O–H groups in total. The van der Waals surface area contributed by atoms with Gasteiger partial charge in [0, 0.05) is 4.47 Å². The largest absolute Gasteiger partial charge is 0.220 e. The number of rotatable bonds is 2. The van der Waals surface area contributed by atoms with Crippen LogP contribution in [-0.2, 0) is 0 Å². The highest BCUT2D eigenvalue weighted by molar-refractivity contribution is 9.10. The van der Waals surface area contributed by atoms with Gasteiger partial charge in [-0.3, -0.25) is 0 Å². The second-order valence-corrected chi connectivity index (χ2v) is 5.94. The minimum absolute atomic E-state index is 0.192. The minimum atomic E-state index is 0.192. The fraction of sp³-hybridized carbons (Fsp3) is 0.200. The van der Waals surface area contributed by atoms with Gasteiger partial charge < -0.3 is 0 Å². The fourth-order valence-corrected chi connectivity index (χ4v) is 1.91. The maximum absolute atomic E-state index is 5.92. The van der Waals surface area contributed by atoms with Crippen molar-refractivity contribution in [2.75, 3.05) is 0 Å². The third kappa shape index (κ3) is 2.47. The molecule has 16 heavy (non-hydrogen) atoms. The van der Waals surface area contributed by atoms with Gasteiger partial charge >= 0.3 is 0 Å². The molecule has 2 aromatic rings. The summed E-state index contributed by atoms with van der Waals surface area (Å²) in [6.45, 7) is 2.01. The van der Waals surface area contributed by atoms with Gasteiger partial charge in [0.05, 0.1) is 27.4 Å². The summed E-state index contributed by atoms with van der Waals surface area (Å²) in [7, 11) is 0. The third-order valence-electron chi connectivity index (χ3n) is 2.09. The van der Waals surface area contributed by atoms with Crippen molar-refractivity contribution >= 4 is 43.5 Å². The molecule has 84 valence electrons. The highest BCUT2D eigenvalue weighted by Gasteiger charge is 2.08. The Balaban J connectivity index is 2.39. The van der Waals surface area contributed by atoms with E-state index in [-0.39, 0.29) is 4.83 Å². The van der Waals surface area contributed by atoms with Gasteiger partial charge in [0.2, 0.25) is 0 Å². The highest BCUT2D eigenvalue weighted by atomic mass is 79.9. The molecule has 0 radical (unpaired) electrons. The molecule has 0 aliphatic heterocycles. The Morgan fingerprint density at radius 2 is 2.19 bits per heavy atom. The molecule has 3 nitrogen and oxygen atoms in total. The maximum atomic E-state index is 5.92. The number of alkyl halides is 1. The molecular formula is C10H8Br2ClN3. The van der Waals surface area contributed by atoms with Gasteiger partial charge in [-0.05, 0) is 41.1 Å². The second-order valence-electron chi connectivity index (χ2n) is 3.30. The lowest BCUT2D eigenvalue weighted by Gasteiger charge is -2.01. The Kier molecular flexibility index (Phi) is 3.66. The van der Waals surface area contributed by atoms with E-state index in [0.717, 1.165) is 15.9 Å². The number of aromatic nitrogens is 3. The quantitative estimate of drug-likeness (QED) is 0.749. The van der Waals surface area contributed by atoms with Crippen LogP contribution in [0.25, 0.3) is 5.69 Å². The molecule has 1 atom stereocenters. The van der Waals surface area contributed by atoms with Crippen LogP contribution >= 0.6 is 43.5 Å². The Morgan fingerprint density at radius 1 is 1.44 bits per heavy atom. The van der Waals surface area contributed by atoms with Crippen molar-refractivity contribution in [3.8, 4) is 5.69 Å². The van der Waals surface area contributed by atoms with Gasteiger partial charge in [-0.15, -0.1) is 5.10 Å². The van der Waals surface area contributed by atoms with E-state index in [1.54, 1.807) is 4.68 Å². The summed E-state index contributed by atoms with van der Waals surface area (Å²) < 4.78 is 2.56. The normalized spacial score (nSPS) is 12.8. The van der Waals surface area contributed by atoms with Crippen LogP contribution < -0.4 is 0 Å². The Bertz CT molecular complexity index is 511. The number of nitrogens with zero attached hydrogens (tertiary/aromatic N) is 3. The van der Waals surface area contributed by atoms with Gasteiger partial charge in [0.25, 0.3) is 0 Å². The SMILES string of the molecule is CC(Br)c1cn(-c2ccc(Cl)c(Br)c2)nn1. The minimum Gasteiger partial charge on any atom is -0.220 e. The molecule has 0 bridgehead atoms. The predicted molar refractivity (Wildman–Crippen MR) is 71.4 cm³/mol. The van der Waals surface area contributed by atoms with Crippen LogP contribution in [0.4, 0.5) is 0 Å². The topological polar surface area (TPSA) is 30.7 Å². The van der Waals surface area contributed by atoms with Crippen molar-refractivity contribution in [1.29, 1.82) is 0 Å². The van der Waals surface area contributed by atoms with Gasteiger partial charge in [-0.2, -0.15) is 0 Å². The first kappa shape index (κ1) is 12.1. The highest BCUT2D eigenvalue weighted by Crippen LogP contribution is 2.25. The van der Waals surface area contributed by atoms with Gasteiger partial charge in [0.15, 0.2) is 0 Å². The summed E-state index contributed by atoms with van der Waals surface area (Å²) in [5.74, 6) is 0. The predicted octanol–water partition coefficient (Wildman–Crippen LogP) is 4.14. The van der Waals surface area contributed by atoms with Crippen molar-refractivity contribution < 1.29 is 0 Å². The lowest BCUT2D eigenvalue weighted by Crippen LogP contribution is -1.94. The zero-order chi connectivity index (χ0) is 11.7. The Hall–Kier alpha value is -0.390. The summed E-state index contributed by atoms with van der Waals surface area (Å²) in [5.41, 5.74) is 1.81. The zero-order valence-corrected chi connectivity index (χ0v) is 12.3. The lowest BCUT2D eigenvalue weighted by molar-refractivity contribution is 0.797. The van der Waals surface area contributed by atoms with E-state index in [1.165, 1.54) is 0 Å². The molecule has 1 unspecified atom stereocenters. The van der Waals surface area contributed by atoms with Crippen LogP contribution in [0.3, 0.4) is 0 Å². The molecule has 6 heteroatoms. The standard InChI is InChI=1S/C10H8Br2ClN3/c1-6(11)10-5-16(15-14-10)7-2-3-9(13)8(12)4-7/h2-6H,1H3. The molecule has 1 aromatic carbocycles. The first-order valence-electron chi connectivity index (χ1n) is 4.59. The van der Waals surface area contributed by atoms with E-state index in [4.69, 9.17) is 11.6 Å². The number of hydrogen-bond donors (Lipinski definition) is 0. The van der Waals surface area contributed by atoms with Gasteiger partial charge in [0.1, 0.15) is 0 Å². The molecule has 0 saturated carbocycles. The van der Waals surface area contributed by atoms with E-state index in [0.29, 0.717) is 5.02 Å². The fourth-order valence-electron chi connectivity index (χ4n) is 1.21. The van der Waals surface area contributed by atoms with Crippen LogP contribution in [0.15, 0.2) is 28.9 Å². The van der Waals surface area contributed by atoms with Crippen molar-refractivity contribution in [3.63, 3.8) is 0 Å². The van der Waals surface area contributed by atoms with Gasteiger partial charge in [-0.1, -0.05) is 32.7 Å². The average Bonchev–Trinajstić information content (AvgIpc) is 2.71. The van der Waals surface area contributed by atoms with E-state index >= 15 is 0 Å². The van der Waals surface area contributed by atoms with E-state index in [2.05, 4.69) is 42.2 Å². The monoisotopic (exact) mass is 363 g/mol. The first-order valence-corrected chi connectivity index (χ1v) is 6.68. The molecule has 0 fully saturated rings. The Labute approximate surface area is 115 Å². The summed E-state index contributed by atoms with van der Waals surface area (Å²) in [5, 5.41) is 8.79. The molecule has 0 aliphatic rings. The molecule has 1 heterocycles. The van der Waals surface area contributed by atoms with Crippen molar-refractivity contribution in [2.45, 2.75) is 11.8 Å². The van der Waals surface area contributed by atoms with E-state index < -0.39 is 0 Å². The van der Waals surface area contributed by atoms with Crippen LogP contribution in [-0.4, -0.2) is 15.0 Å². The molecule has 0 amide bonds. The van der Waals surface area contributed by atoms with Crippen LogP contribution in [0.2, 0.25) is 5.02 Å². The van der Waals surface area contributed by atoms with Crippen molar-refractivity contribution in [3.05, 3.63) is 39.6 Å². The van der Waals surface area contributed by atoms with Crippen LogP contribution in [0, 0.1) is 0 Å². The van der Waals surface area contributed by atoms with E-state index in [9.17, 15) is 0 Å². The van der Waals surface area contributed by atoms with E-state index in [1.807, 2.05) is 31.3 Å². The number of halogens is 3. The van der Waals surface area contributed by atoms with Crippen molar-refractivity contribution in [2.24, 2.45) is 0 Å². The zero-order valence-electron chi connectivity index (χ0n) is 8.36. The number of hydrogen-bond acceptors (Lipinski definition) is 2. The average molecular weight is 365 g/mol. The molecule has 1 aromatic heterocycles. The summed E-state index contributed by atoms with van der Waals surface area (Å²) >= 11 is 12.7.